The van der Waals surface area contributed by atoms with E-state index in [-0.39, 0.29) is 57.7 Å². The predicted molar refractivity (Wildman–Crippen MR) is 216 cm³/mol. The van der Waals surface area contributed by atoms with Crippen LogP contribution in [0.25, 0.3) is 0 Å². The number of nitrogens with zero attached hydrogens (tertiary/aromatic N) is 2. The van der Waals surface area contributed by atoms with E-state index in [1.54, 1.807) is 13.8 Å². The molecule has 5 saturated carbocycles. The third kappa shape index (κ3) is 6.72. The minimum Gasteiger partial charge on any atom is -0.481 e. The van der Waals surface area contributed by atoms with Gasteiger partial charge in [-0.05, 0) is 155 Å². The lowest BCUT2D eigenvalue weighted by Crippen LogP contribution is -2.66. The van der Waals surface area contributed by atoms with Crippen LogP contribution in [0.4, 0.5) is 0 Å². The maximum Gasteiger partial charge on any atom is 0.309 e. The fraction of sp³-hybridized carbons (Fsp3) is 0.872. The number of Topliss-reactive ketones (excluding diaryl/α,β-unsaturated/α-hetero) is 1. The molecule has 6 fully saturated rings. The number of aliphatic hydroxyl groups is 1. The van der Waals surface area contributed by atoms with Gasteiger partial charge in [-0.15, -0.1) is 0 Å². The summed E-state index contributed by atoms with van der Waals surface area (Å²) in [5.74, 6) is 0.537. The van der Waals surface area contributed by atoms with E-state index >= 15 is 0 Å². The van der Waals surface area contributed by atoms with Gasteiger partial charge in [-0.2, -0.15) is 0 Å². The number of aliphatic carboxylic acids is 1. The van der Waals surface area contributed by atoms with Gasteiger partial charge in [0.25, 0.3) is 0 Å². The molecule has 7 aliphatic rings. The van der Waals surface area contributed by atoms with Crippen LogP contribution in [0.1, 0.15) is 152 Å². The number of carboxylic acid groups (broad SMARTS) is 1. The Balaban J connectivity index is 1.15. The summed E-state index contributed by atoms with van der Waals surface area (Å²) < 4.78 is 6.19. The van der Waals surface area contributed by atoms with E-state index in [9.17, 15) is 29.4 Å². The summed E-state index contributed by atoms with van der Waals surface area (Å²) in [6.07, 6.45) is 11.4. The average Bonchev–Trinajstić information content (AvgIpc) is 3.66. The van der Waals surface area contributed by atoms with Crippen molar-refractivity contribution in [1.82, 2.24) is 9.80 Å². The number of esters is 1. The zero-order chi connectivity index (χ0) is 40.8. The molecule has 1 heterocycles. The number of likely N-dealkylation sites (tertiary alicyclic amines) is 1. The van der Waals surface area contributed by atoms with Gasteiger partial charge in [0.2, 0.25) is 5.91 Å². The van der Waals surface area contributed by atoms with Crippen molar-refractivity contribution < 1.29 is 34.1 Å². The maximum absolute atomic E-state index is 14.3. The smallest absolute Gasteiger partial charge is 0.309 e. The molecule has 0 aromatic carbocycles. The summed E-state index contributed by atoms with van der Waals surface area (Å²) in [6.45, 7) is 23.0. The first kappa shape index (κ1) is 41.9. The van der Waals surface area contributed by atoms with Gasteiger partial charge in [0.1, 0.15) is 6.10 Å². The molecule has 9 nitrogen and oxygen atoms in total. The number of carbonyl (C=O) groups excluding carboxylic acids is 3. The van der Waals surface area contributed by atoms with Gasteiger partial charge in [0.15, 0.2) is 5.78 Å². The lowest BCUT2D eigenvalue weighted by Gasteiger charge is -2.72. The van der Waals surface area contributed by atoms with Crippen molar-refractivity contribution >= 4 is 23.6 Å². The van der Waals surface area contributed by atoms with E-state index in [1.807, 2.05) is 4.90 Å². The standard InChI is InChI=1S/C47H74N2O7/c1-29(2)39-32(50)24-47(35(51)27-49(26-30-12-13-30)37(52)28-48-22-10-11-23-48)21-20-45(8)31(40(39)47)14-15-34-44(7)18-17-36(56-38(53)25-42(3,4)41(54)55)43(5,6)33(44)16-19-46(34,45)9/h29-31,33-36,51H,10-28H2,1-9H3,(H,54,55)/t31-,33-,34-,35?,36+,44+,45-,46-,47?/m1/s1. The fourth-order valence-corrected chi connectivity index (χ4v) is 14.4. The first-order valence-corrected chi connectivity index (χ1v) is 22.5. The second-order valence-electron chi connectivity index (χ2n) is 22.3. The molecule has 0 aromatic heterocycles. The molecule has 1 saturated heterocycles. The molecular weight excluding hydrogens is 705 g/mol. The van der Waals surface area contributed by atoms with E-state index < -0.39 is 28.9 Å². The predicted octanol–water partition coefficient (Wildman–Crippen LogP) is 8.08. The van der Waals surface area contributed by atoms with Crippen molar-refractivity contribution in [2.75, 3.05) is 32.7 Å². The molecule has 56 heavy (non-hydrogen) atoms. The van der Waals surface area contributed by atoms with Crippen LogP contribution in [-0.4, -0.2) is 88.6 Å². The second-order valence-corrected chi connectivity index (χ2v) is 22.3. The largest absolute Gasteiger partial charge is 0.481 e. The number of rotatable bonds is 12. The minimum absolute atomic E-state index is 0.0216. The summed E-state index contributed by atoms with van der Waals surface area (Å²) in [4.78, 5) is 57.3. The summed E-state index contributed by atoms with van der Waals surface area (Å²) in [5, 5.41) is 22.3. The van der Waals surface area contributed by atoms with Crippen LogP contribution < -0.4 is 0 Å². The van der Waals surface area contributed by atoms with Crippen molar-refractivity contribution in [3.05, 3.63) is 11.1 Å². The van der Waals surface area contributed by atoms with Gasteiger partial charge in [-0.25, -0.2) is 0 Å². The molecule has 0 bridgehead atoms. The Morgan fingerprint density at radius 3 is 2.20 bits per heavy atom. The third-order valence-corrected chi connectivity index (χ3v) is 18.0. The van der Waals surface area contributed by atoms with Crippen LogP contribution in [0.15, 0.2) is 11.1 Å². The Labute approximate surface area is 337 Å². The van der Waals surface area contributed by atoms with Gasteiger partial charge in [-0.1, -0.05) is 54.0 Å². The Bertz CT molecular complexity index is 1620. The SMILES string of the molecule is CC(C)C1=C2[C@H]3CC[C@@H]4[C@@]5(C)CC[C@H](OC(=O)CC(C)(C)C(=O)O)C(C)(C)[C@H]5CC[C@@]4(C)[C@]3(C)CCC2(C(O)CN(CC2CC2)C(=O)CN2CCCC2)CC1=O. The summed E-state index contributed by atoms with van der Waals surface area (Å²) in [6, 6.07) is 0. The van der Waals surface area contributed by atoms with Crippen molar-refractivity contribution in [2.24, 2.45) is 62.1 Å². The maximum atomic E-state index is 14.3. The molecule has 1 amide bonds. The Morgan fingerprint density at radius 2 is 1.57 bits per heavy atom. The monoisotopic (exact) mass is 779 g/mol. The molecule has 0 radical (unpaired) electrons. The van der Waals surface area contributed by atoms with E-state index in [2.05, 4.69) is 53.4 Å². The van der Waals surface area contributed by atoms with Crippen LogP contribution >= 0.6 is 0 Å². The van der Waals surface area contributed by atoms with Gasteiger partial charge in [0.05, 0.1) is 24.5 Å². The molecule has 7 rings (SSSR count). The molecule has 9 heteroatoms. The lowest BCUT2D eigenvalue weighted by atomic mass is 9.33. The second kappa shape index (κ2) is 14.5. The van der Waals surface area contributed by atoms with E-state index in [1.165, 1.54) is 5.57 Å². The number of fused-ring (bicyclic) bond motifs is 7. The van der Waals surface area contributed by atoms with Gasteiger partial charge < -0.3 is 19.8 Å². The van der Waals surface area contributed by atoms with Gasteiger partial charge >= 0.3 is 11.9 Å². The van der Waals surface area contributed by atoms with Crippen molar-refractivity contribution in [3.63, 3.8) is 0 Å². The Morgan fingerprint density at radius 1 is 0.893 bits per heavy atom. The van der Waals surface area contributed by atoms with Crippen LogP contribution in [-0.2, 0) is 23.9 Å². The molecule has 9 atom stereocenters. The van der Waals surface area contributed by atoms with Crippen molar-refractivity contribution in [3.8, 4) is 0 Å². The average molecular weight is 779 g/mol. The normalized spacial score (nSPS) is 38.7. The molecule has 0 aromatic rings. The summed E-state index contributed by atoms with van der Waals surface area (Å²) >= 11 is 0. The minimum atomic E-state index is -1.17. The van der Waals surface area contributed by atoms with Gasteiger partial charge in [-0.3, -0.25) is 24.1 Å². The highest BCUT2D eigenvalue weighted by Crippen LogP contribution is 2.77. The first-order chi connectivity index (χ1) is 26.1. The molecule has 2 N–H and O–H groups in total. The van der Waals surface area contributed by atoms with E-state index in [4.69, 9.17) is 4.74 Å². The first-order valence-electron chi connectivity index (χ1n) is 22.5. The third-order valence-electron chi connectivity index (χ3n) is 18.0. The highest BCUT2D eigenvalue weighted by Gasteiger charge is 2.71. The number of aliphatic hydroxyl groups excluding tert-OH is 1. The Kier molecular flexibility index (Phi) is 10.8. The quantitative estimate of drug-likeness (QED) is 0.191. The molecular formula is C47H74N2O7. The number of hydrogen-bond donors (Lipinski definition) is 2. The molecule has 0 spiro atoms. The topological polar surface area (TPSA) is 124 Å². The Hall–Kier alpha value is -2.26. The number of carboxylic acids is 1. The number of hydrogen-bond acceptors (Lipinski definition) is 7. The van der Waals surface area contributed by atoms with Crippen molar-refractivity contribution in [2.45, 2.75) is 164 Å². The highest BCUT2D eigenvalue weighted by molar-refractivity contribution is 6.00. The molecule has 314 valence electrons. The van der Waals surface area contributed by atoms with E-state index in [0.29, 0.717) is 43.8 Å². The fourth-order valence-electron chi connectivity index (χ4n) is 14.4. The number of ether oxygens (including phenoxy) is 1. The van der Waals surface area contributed by atoms with Crippen LogP contribution in [0.3, 0.4) is 0 Å². The van der Waals surface area contributed by atoms with Crippen LogP contribution in [0.5, 0.6) is 0 Å². The molecule has 1 aliphatic heterocycles. The number of allylic oxidation sites excluding steroid dienone is 1. The zero-order valence-electron chi connectivity index (χ0n) is 36.3. The lowest BCUT2D eigenvalue weighted by molar-refractivity contribution is -0.235. The van der Waals surface area contributed by atoms with Crippen LogP contribution in [0, 0.1) is 62.1 Å². The van der Waals surface area contributed by atoms with Crippen molar-refractivity contribution in [1.29, 1.82) is 0 Å². The summed E-state index contributed by atoms with van der Waals surface area (Å²) in [7, 11) is 0. The molecule has 2 unspecified atom stereocenters. The van der Waals surface area contributed by atoms with Crippen LogP contribution in [0.2, 0.25) is 0 Å². The number of amides is 1. The molecule has 6 aliphatic carbocycles. The zero-order valence-corrected chi connectivity index (χ0v) is 36.3. The van der Waals surface area contributed by atoms with E-state index in [0.717, 1.165) is 95.7 Å². The summed E-state index contributed by atoms with van der Waals surface area (Å²) in [5.41, 5.74) is 0.175. The number of ketones is 1. The highest BCUT2D eigenvalue weighted by atomic mass is 16.5. The van der Waals surface area contributed by atoms with Gasteiger partial charge in [0, 0.05) is 30.3 Å². The number of carbonyl (C=O) groups is 4.